The number of nitrogens with zero attached hydrogens (tertiary/aromatic N) is 2. The van der Waals surface area contributed by atoms with E-state index < -0.39 is 5.82 Å². The van der Waals surface area contributed by atoms with Crippen LogP contribution in [0.5, 0.6) is 0 Å². The Bertz CT molecular complexity index is 690. The van der Waals surface area contributed by atoms with Gasteiger partial charge in [-0.05, 0) is 36.1 Å². The molecule has 0 fully saturated rings. The maximum Gasteiger partial charge on any atom is 0.231 e. The molecule has 2 heterocycles. The van der Waals surface area contributed by atoms with Gasteiger partial charge >= 0.3 is 0 Å². The van der Waals surface area contributed by atoms with Crippen molar-refractivity contribution < 1.29 is 9.18 Å². The predicted octanol–water partition coefficient (Wildman–Crippen LogP) is 3.40. The number of carbonyl (C=O) groups excluding carboxylic acids is 1. The second-order valence-electron chi connectivity index (χ2n) is 5.04. The van der Waals surface area contributed by atoms with Crippen molar-refractivity contribution in [3.05, 3.63) is 58.6 Å². The molecule has 5 heteroatoms. The van der Waals surface area contributed by atoms with E-state index in [1.807, 2.05) is 6.07 Å². The Morgan fingerprint density at radius 1 is 1.38 bits per heavy atom. The van der Waals surface area contributed by atoms with Crippen LogP contribution < -0.4 is 4.90 Å². The van der Waals surface area contributed by atoms with Crippen LogP contribution in [0.15, 0.2) is 36.7 Å². The van der Waals surface area contributed by atoms with Crippen molar-refractivity contribution in [1.29, 1.82) is 0 Å². The van der Waals surface area contributed by atoms with E-state index >= 15 is 0 Å². The predicted molar refractivity (Wildman–Crippen MR) is 80.0 cm³/mol. The number of carbonyl (C=O) groups is 1. The van der Waals surface area contributed by atoms with E-state index in [1.54, 1.807) is 29.4 Å². The van der Waals surface area contributed by atoms with Gasteiger partial charge in [0.1, 0.15) is 5.82 Å². The number of aryl methyl sites for hydroxylation is 1. The molecule has 0 bridgehead atoms. The van der Waals surface area contributed by atoms with E-state index in [0.29, 0.717) is 12.1 Å². The minimum Gasteiger partial charge on any atom is -0.310 e. The third kappa shape index (κ3) is 2.76. The lowest BCUT2D eigenvalue weighted by Gasteiger charge is -2.29. The summed E-state index contributed by atoms with van der Waals surface area (Å²) in [7, 11) is 0. The normalized spacial score (nSPS) is 13.9. The van der Waals surface area contributed by atoms with Crippen molar-refractivity contribution >= 4 is 23.2 Å². The molecule has 0 unspecified atom stereocenters. The first-order chi connectivity index (χ1) is 10.2. The summed E-state index contributed by atoms with van der Waals surface area (Å²) >= 11 is 5.75. The molecular weight excluding hydrogens is 291 g/mol. The number of pyridine rings is 1. The molecule has 0 radical (unpaired) electrons. The Hall–Kier alpha value is -1.94. The molecule has 1 aliphatic heterocycles. The molecule has 3 nitrogen and oxygen atoms in total. The Labute approximate surface area is 127 Å². The Balaban J connectivity index is 1.85. The standard InChI is InChI=1S/C16H14ClFN2O/c17-13-5-1-3-12(16(13)18)9-15(21)20-8-2-4-11-6-7-19-10-14(11)20/h1,3,5-7,10H,2,4,8-9H2. The van der Waals surface area contributed by atoms with Gasteiger partial charge in [0.15, 0.2) is 0 Å². The number of halogens is 2. The summed E-state index contributed by atoms with van der Waals surface area (Å²) in [4.78, 5) is 18.2. The van der Waals surface area contributed by atoms with E-state index in [-0.39, 0.29) is 17.4 Å². The van der Waals surface area contributed by atoms with Gasteiger partial charge in [-0.25, -0.2) is 4.39 Å². The van der Waals surface area contributed by atoms with Crippen LogP contribution in [0.2, 0.25) is 5.02 Å². The van der Waals surface area contributed by atoms with E-state index in [1.165, 1.54) is 6.07 Å². The minimum atomic E-state index is -0.518. The molecule has 1 aromatic carbocycles. The monoisotopic (exact) mass is 304 g/mol. The van der Waals surface area contributed by atoms with Gasteiger partial charge in [0.05, 0.1) is 23.3 Å². The zero-order valence-corrected chi connectivity index (χ0v) is 12.1. The van der Waals surface area contributed by atoms with E-state index in [4.69, 9.17) is 11.6 Å². The molecule has 0 saturated carbocycles. The van der Waals surface area contributed by atoms with E-state index in [9.17, 15) is 9.18 Å². The first kappa shape index (κ1) is 14.0. The van der Waals surface area contributed by atoms with Gasteiger partial charge in [-0.15, -0.1) is 0 Å². The highest BCUT2D eigenvalue weighted by molar-refractivity contribution is 6.30. The second kappa shape index (κ2) is 5.82. The maximum atomic E-state index is 13.9. The minimum absolute atomic E-state index is 0.000722. The molecule has 1 amide bonds. The van der Waals surface area contributed by atoms with Crippen molar-refractivity contribution in [2.24, 2.45) is 0 Å². The van der Waals surface area contributed by atoms with Gasteiger partial charge in [-0.2, -0.15) is 0 Å². The Morgan fingerprint density at radius 2 is 2.24 bits per heavy atom. The van der Waals surface area contributed by atoms with Crippen molar-refractivity contribution in [1.82, 2.24) is 4.98 Å². The molecule has 0 saturated heterocycles. The number of anilines is 1. The SMILES string of the molecule is O=C(Cc1cccc(Cl)c1F)N1CCCc2ccncc21. The fraction of sp³-hybridized carbons (Fsp3) is 0.250. The van der Waals surface area contributed by atoms with Crippen molar-refractivity contribution in [3.8, 4) is 0 Å². The first-order valence-corrected chi connectivity index (χ1v) is 7.21. The summed E-state index contributed by atoms with van der Waals surface area (Å²) in [5, 5.41) is 0.0426. The number of hydrogen-bond donors (Lipinski definition) is 0. The van der Waals surface area contributed by atoms with Gasteiger partial charge in [0.2, 0.25) is 5.91 Å². The summed E-state index contributed by atoms with van der Waals surface area (Å²) in [6, 6.07) is 6.65. The fourth-order valence-electron chi connectivity index (χ4n) is 2.62. The molecular formula is C16H14ClFN2O. The average Bonchev–Trinajstić information content (AvgIpc) is 2.51. The highest BCUT2D eigenvalue weighted by Gasteiger charge is 2.23. The van der Waals surface area contributed by atoms with Crippen LogP contribution >= 0.6 is 11.6 Å². The van der Waals surface area contributed by atoms with Crippen LogP contribution in [0.4, 0.5) is 10.1 Å². The van der Waals surface area contributed by atoms with Crippen LogP contribution in [0.1, 0.15) is 17.5 Å². The highest BCUT2D eigenvalue weighted by atomic mass is 35.5. The number of hydrogen-bond acceptors (Lipinski definition) is 2. The fourth-order valence-corrected chi connectivity index (χ4v) is 2.81. The molecule has 108 valence electrons. The lowest BCUT2D eigenvalue weighted by Crippen LogP contribution is -2.36. The number of aromatic nitrogens is 1. The smallest absolute Gasteiger partial charge is 0.231 e. The molecule has 0 aliphatic carbocycles. The van der Waals surface area contributed by atoms with Crippen molar-refractivity contribution in [2.45, 2.75) is 19.3 Å². The average molecular weight is 305 g/mol. The maximum absolute atomic E-state index is 13.9. The number of rotatable bonds is 2. The summed E-state index contributed by atoms with van der Waals surface area (Å²) in [5.74, 6) is -0.652. The highest BCUT2D eigenvalue weighted by Crippen LogP contribution is 2.27. The van der Waals surface area contributed by atoms with Crippen LogP contribution in [0.25, 0.3) is 0 Å². The summed E-state index contributed by atoms with van der Waals surface area (Å²) in [6.07, 6.45) is 5.26. The third-order valence-electron chi connectivity index (χ3n) is 3.68. The molecule has 2 aromatic rings. The van der Waals surface area contributed by atoms with Gasteiger partial charge in [-0.1, -0.05) is 23.7 Å². The lowest BCUT2D eigenvalue weighted by molar-refractivity contribution is -0.118. The molecule has 1 aromatic heterocycles. The van der Waals surface area contributed by atoms with E-state index in [2.05, 4.69) is 4.98 Å². The second-order valence-corrected chi connectivity index (χ2v) is 5.45. The molecule has 21 heavy (non-hydrogen) atoms. The molecule has 0 atom stereocenters. The van der Waals surface area contributed by atoms with Crippen LogP contribution in [-0.2, 0) is 17.6 Å². The van der Waals surface area contributed by atoms with Gasteiger partial charge in [-0.3, -0.25) is 9.78 Å². The molecule has 3 rings (SSSR count). The summed E-state index contributed by atoms with van der Waals surface area (Å²) in [5.41, 5.74) is 2.26. The van der Waals surface area contributed by atoms with Gasteiger partial charge in [0, 0.05) is 12.7 Å². The summed E-state index contributed by atoms with van der Waals surface area (Å²) in [6.45, 7) is 0.639. The summed E-state index contributed by atoms with van der Waals surface area (Å²) < 4.78 is 13.9. The van der Waals surface area contributed by atoms with Gasteiger partial charge in [0.25, 0.3) is 0 Å². The number of benzene rings is 1. The van der Waals surface area contributed by atoms with E-state index in [0.717, 1.165) is 24.1 Å². The van der Waals surface area contributed by atoms with Crippen molar-refractivity contribution in [2.75, 3.05) is 11.4 Å². The largest absolute Gasteiger partial charge is 0.310 e. The molecule has 1 aliphatic rings. The zero-order valence-electron chi connectivity index (χ0n) is 11.4. The van der Waals surface area contributed by atoms with Crippen LogP contribution in [0.3, 0.4) is 0 Å². The number of fused-ring (bicyclic) bond motifs is 1. The quantitative estimate of drug-likeness (QED) is 0.852. The number of amides is 1. The van der Waals surface area contributed by atoms with Crippen LogP contribution in [-0.4, -0.2) is 17.4 Å². The first-order valence-electron chi connectivity index (χ1n) is 6.83. The van der Waals surface area contributed by atoms with Crippen LogP contribution in [0, 0.1) is 5.82 Å². The van der Waals surface area contributed by atoms with Gasteiger partial charge < -0.3 is 4.90 Å². The topological polar surface area (TPSA) is 33.2 Å². The third-order valence-corrected chi connectivity index (χ3v) is 3.97. The lowest BCUT2D eigenvalue weighted by atomic mass is 10.0. The zero-order chi connectivity index (χ0) is 14.8. The Morgan fingerprint density at radius 3 is 3.10 bits per heavy atom. The van der Waals surface area contributed by atoms with Crippen molar-refractivity contribution in [3.63, 3.8) is 0 Å². The Kier molecular flexibility index (Phi) is 3.88. The molecule has 0 N–H and O–H groups in total. The molecule has 0 spiro atoms.